The van der Waals surface area contributed by atoms with Gasteiger partial charge in [0.1, 0.15) is 6.04 Å². The SMILES string of the molecule is O=C1CC[C@H](N2Cc3cc(N4CCN(CC5CN(C6CCNCC6)C5)CC4)ccc3C2=O)C(=O)N1. The fourth-order valence-electron chi connectivity index (χ4n) is 6.51. The van der Waals surface area contributed by atoms with E-state index in [1.54, 1.807) is 4.90 Å². The lowest BCUT2D eigenvalue weighted by atomic mass is 9.93. The molecule has 0 aliphatic carbocycles. The maximum Gasteiger partial charge on any atom is 0.255 e. The fourth-order valence-corrected chi connectivity index (χ4v) is 6.51. The average molecular weight is 481 g/mol. The average Bonchev–Trinajstić information content (AvgIpc) is 3.17. The van der Waals surface area contributed by atoms with Crippen molar-refractivity contribution in [1.29, 1.82) is 0 Å². The Morgan fingerprint density at radius 3 is 2.46 bits per heavy atom. The van der Waals surface area contributed by atoms with Gasteiger partial charge in [0.15, 0.2) is 0 Å². The molecular weight excluding hydrogens is 444 g/mol. The van der Waals surface area contributed by atoms with Crippen LogP contribution in [0.15, 0.2) is 18.2 Å². The lowest BCUT2D eigenvalue weighted by molar-refractivity contribution is -0.136. The quantitative estimate of drug-likeness (QED) is 0.585. The van der Waals surface area contributed by atoms with Crippen molar-refractivity contribution < 1.29 is 14.4 Å². The molecule has 5 aliphatic heterocycles. The molecule has 35 heavy (non-hydrogen) atoms. The summed E-state index contributed by atoms with van der Waals surface area (Å²) in [5.41, 5.74) is 2.81. The number of rotatable bonds is 5. The summed E-state index contributed by atoms with van der Waals surface area (Å²) in [6.45, 7) is 10.6. The van der Waals surface area contributed by atoms with Gasteiger partial charge in [0.2, 0.25) is 11.8 Å². The molecule has 0 radical (unpaired) electrons. The molecule has 9 heteroatoms. The Morgan fingerprint density at radius 1 is 0.943 bits per heavy atom. The smallest absolute Gasteiger partial charge is 0.255 e. The van der Waals surface area contributed by atoms with Gasteiger partial charge in [0.05, 0.1) is 0 Å². The normalized spacial score (nSPS) is 27.2. The van der Waals surface area contributed by atoms with Gasteiger partial charge in [-0.2, -0.15) is 0 Å². The number of fused-ring (bicyclic) bond motifs is 1. The topological polar surface area (TPSA) is 88.2 Å². The standard InChI is InChI=1S/C26H36N6O3/c33-24-4-3-23(25(34)28-24)32-17-19-13-21(1-2-22(19)26(32)35)30-11-9-29(10-12-30)14-18-15-31(16-18)20-5-7-27-8-6-20/h1-2,13,18,20,23,27H,3-12,14-17H2,(H,28,33,34)/t23-/m0/s1. The van der Waals surface area contributed by atoms with Crippen molar-refractivity contribution in [2.75, 3.05) is 63.8 Å². The predicted molar refractivity (Wildman–Crippen MR) is 132 cm³/mol. The van der Waals surface area contributed by atoms with Gasteiger partial charge in [0, 0.05) is 76.1 Å². The second kappa shape index (κ2) is 9.52. The summed E-state index contributed by atoms with van der Waals surface area (Å²) in [4.78, 5) is 46.1. The Hall–Kier alpha value is -2.49. The molecule has 3 amide bonds. The Balaban J connectivity index is 1.00. The van der Waals surface area contributed by atoms with Crippen molar-refractivity contribution in [3.05, 3.63) is 29.3 Å². The van der Waals surface area contributed by atoms with Gasteiger partial charge in [0.25, 0.3) is 5.91 Å². The first-order valence-electron chi connectivity index (χ1n) is 13.2. The molecule has 2 N–H and O–H groups in total. The zero-order valence-electron chi connectivity index (χ0n) is 20.4. The van der Waals surface area contributed by atoms with Crippen LogP contribution in [0.5, 0.6) is 0 Å². The van der Waals surface area contributed by atoms with Gasteiger partial charge in [-0.3, -0.25) is 29.5 Å². The van der Waals surface area contributed by atoms with Crippen molar-refractivity contribution in [3.63, 3.8) is 0 Å². The van der Waals surface area contributed by atoms with Crippen molar-refractivity contribution in [2.24, 2.45) is 5.92 Å². The number of piperidine rings is 2. The Labute approximate surface area is 206 Å². The van der Waals surface area contributed by atoms with Crippen LogP contribution < -0.4 is 15.5 Å². The molecule has 0 bridgehead atoms. The van der Waals surface area contributed by atoms with E-state index in [1.165, 1.54) is 45.6 Å². The zero-order chi connectivity index (χ0) is 23.9. The van der Waals surface area contributed by atoms with Crippen LogP contribution in [0.1, 0.15) is 41.6 Å². The van der Waals surface area contributed by atoms with E-state index in [-0.39, 0.29) is 24.1 Å². The van der Waals surface area contributed by atoms with Gasteiger partial charge in [-0.05, 0) is 62.0 Å². The maximum absolute atomic E-state index is 12.9. The van der Waals surface area contributed by atoms with Crippen LogP contribution in [-0.4, -0.2) is 103 Å². The van der Waals surface area contributed by atoms with Gasteiger partial charge >= 0.3 is 0 Å². The maximum atomic E-state index is 12.9. The Morgan fingerprint density at radius 2 is 1.71 bits per heavy atom. The van der Waals surface area contributed by atoms with Crippen LogP contribution in [0.25, 0.3) is 0 Å². The van der Waals surface area contributed by atoms with Crippen LogP contribution in [0.2, 0.25) is 0 Å². The predicted octanol–water partition coefficient (Wildman–Crippen LogP) is 0.253. The second-order valence-corrected chi connectivity index (χ2v) is 10.8. The minimum atomic E-state index is -0.559. The summed E-state index contributed by atoms with van der Waals surface area (Å²) >= 11 is 0. The molecule has 5 heterocycles. The molecule has 1 atom stereocenters. The number of imide groups is 1. The van der Waals surface area contributed by atoms with Gasteiger partial charge in [-0.1, -0.05) is 0 Å². The first-order chi connectivity index (χ1) is 17.0. The van der Waals surface area contributed by atoms with E-state index < -0.39 is 6.04 Å². The number of carbonyl (C=O) groups is 3. The minimum absolute atomic E-state index is 0.107. The number of carbonyl (C=O) groups excluding carboxylic acids is 3. The number of benzene rings is 1. The number of likely N-dealkylation sites (tertiary alicyclic amines) is 1. The molecule has 1 aromatic rings. The summed E-state index contributed by atoms with van der Waals surface area (Å²) < 4.78 is 0. The number of nitrogens with one attached hydrogen (secondary N) is 2. The third-order valence-corrected chi connectivity index (χ3v) is 8.57. The lowest BCUT2D eigenvalue weighted by Gasteiger charge is -2.48. The first-order valence-corrected chi connectivity index (χ1v) is 13.2. The highest BCUT2D eigenvalue weighted by Gasteiger charge is 2.39. The Kier molecular flexibility index (Phi) is 6.24. The number of piperazine rings is 1. The van der Waals surface area contributed by atoms with E-state index in [9.17, 15) is 14.4 Å². The molecular formula is C26H36N6O3. The monoisotopic (exact) mass is 480 g/mol. The third kappa shape index (κ3) is 4.57. The van der Waals surface area contributed by atoms with Gasteiger partial charge < -0.3 is 15.1 Å². The molecule has 1 aromatic carbocycles. The van der Waals surface area contributed by atoms with Gasteiger partial charge in [-0.15, -0.1) is 0 Å². The van der Waals surface area contributed by atoms with Crippen LogP contribution in [0.4, 0.5) is 5.69 Å². The first kappa shape index (κ1) is 22.9. The molecule has 4 fully saturated rings. The molecule has 5 aliphatic rings. The zero-order valence-corrected chi connectivity index (χ0v) is 20.4. The van der Waals surface area contributed by atoms with Crippen molar-refractivity contribution in [1.82, 2.24) is 25.3 Å². The summed E-state index contributed by atoms with van der Waals surface area (Å²) in [7, 11) is 0. The number of nitrogens with zero attached hydrogens (tertiary/aromatic N) is 4. The second-order valence-electron chi connectivity index (χ2n) is 10.8. The summed E-state index contributed by atoms with van der Waals surface area (Å²) in [6, 6.07) is 6.31. The summed E-state index contributed by atoms with van der Waals surface area (Å²) in [5, 5.41) is 5.83. The van der Waals surface area contributed by atoms with Crippen LogP contribution in [0.3, 0.4) is 0 Å². The van der Waals surface area contributed by atoms with E-state index in [1.807, 2.05) is 12.1 Å². The highest BCUT2D eigenvalue weighted by Crippen LogP contribution is 2.31. The van der Waals surface area contributed by atoms with E-state index in [2.05, 4.69) is 31.4 Å². The molecule has 0 aromatic heterocycles. The van der Waals surface area contributed by atoms with E-state index in [0.29, 0.717) is 18.5 Å². The van der Waals surface area contributed by atoms with Crippen molar-refractivity contribution in [3.8, 4) is 0 Å². The van der Waals surface area contributed by atoms with Gasteiger partial charge in [-0.25, -0.2) is 0 Å². The Bertz CT molecular complexity index is 995. The van der Waals surface area contributed by atoms with E-state index in [0.717, 1.165) is 49.4 Å². The fraction of sp³-hybridized carbons (Fsp3) is 0.654. The minimum Gasteiger partial charge on any atom is -0.369 e. The number of anilines is 1. The van der Waals surface area contributed by atoms with Crippen molar-refractivity contribution >= 4 is 23.4 Å². The number of amides is 3. The van der Waals surface area contributed by atoms with Crippen molar-refractivity contribution in [2.45, 2.75) is 44.3 Å². The molecule has 188 valence electrons. The lowest BCUT2D eigenvalue weighted by Crippen LogP contribution is -2.58. The van der Waals surface area contributed by atoms with Crippen LogP contribution in [-0.2, 0) is 16.1 Å². The molecule has 0 unspecified atom stereocenters. The highest BCUT2D eigenvalue weighted by atomic mass is 16.2. The van der Waals surface area contributed by atoms with E-state index >= 15 is 0 Å². The largest absolute Gasteiger partial charge is 0.369 e. The molecule has 9 nitrogen and oxygen atoms in total. The molecule has 4 saturated heterocycles. The van der Waals surface area contributed by atoms with Crippen LogP contribution >= 0.6 is 0 Å². The number of hydrogen-bond donors (Lipinski definition) is 2. The number of hydrogen-bond acceptors (Lipinski definition) is 7. The van der Waals surface area contributed by atoms with E-state index in [4.69, 9.17) is 0 Å². The molecule has 0 saturated carbocycles. The third-order valence-electron chi connectivity index (χ3n) is 8.57. The summed E-state index contributed by atoms with van der Waals surface area (Å²) in [6.07, 6.45) is 3.27. The summed E-state index contributed by atoms with van der Waals surface area (Å²) in [5.74, 6) is 0.0861. The molecule has 0 spiro atoms. The van der Waals surface area contributed by atoms with Crippen LogP contribution in [0, 0.1) is 5.92 Å². The molecule has 6 rings (SSSR count). The highest BCUT2D eigenvalue weighted by molar-refractivity contribution is 6.05.